The summed E-state index contributed by atoms with van der Waals surface area (Å²) in [7, 11) is 0. The van der Waals surface area contributed by atoms with Crippen molar-refractivity contribution in [3.63, 3.8) is 0 Å². The van der Waals surface area contributed by atoms with Crippen LogP contribution in [0, 0.1) is 10.1 Å². The summed E-state index contributed by atoms with van der Waals surface area (Å²) in [6.45, 7) is 2.08. The normalized spacial score (nSPS) is 11.3. The Morgan fingerprint density at radius 1 is 1.14 bits per heavy atom. The molecule has 0 spiro atoms. The molecule has 0 aliphatic heterocycles. The molecule has 3 aromatic carbocycles. The minimum Gasteiger partial charge on any atom is -0.867 e. The summed E-state index contributed by atoms with van der Waals surface area (Å²) in [5.41, 5.74) is 3.68. The van der Waals surface area contributed by atoms with E-state index in [0.29, 0.717) is 17.2 Å². The zero-order chi connectivity index (χ0) is 20.4. The molecule has 7 nitrogen and oxygen atoms in total. The van der Waals surface area contributed by atoms with Crippen molar-refractivity contribution in [3.05, 3.63) is 81.9 Å². The van der Waals surface area contributed by atoms with Gasteiger partial charge in [-0.3, -0.25) is 15.1 Å². The van der Waals surface area contributed by atoms with E-state index in [1.165, 1.54) is 30.0 Å². The van der Waals surface area contributed by atoms with Crippen molar-refractivity contribution < 1.29 is 14.4 Å². The molecule has 7 heteroatoms. The fourth-order valence-corrected chi connectivity index (χ4v) is 2.97. The molecule has 0 radical (unpaired) electrons. The molecule has 1 aromatic heterocycles. The first-order chi connectivity index (χ1) is 14.0. The van der Waals surface area contributed by atoms with Crippen molar-refractivity contribution in [2.45, 2.75) is 13.3 Å². The predicted octanol–water partition coefficient (Wildman–Crippen LogP) is 4.79. The Morgan fingerprint density at radius 3 is 2.76 bits per heavy atom. The Bertz CT molecular complexity index is 1240. The van der Waals surface area contributed by atoms with Crippen LogP contribution in [0.25, 0.3) is 22.6 Å². The van der Waals surface area contributed by atoms with Gasteiger partial charge in [-0.1, -0.05) is 31.2 Å². The summed E-state index contributed by atoms with van der Waals surface area (Å²) in [5, 5.41) is 23.0. The Kier molecular flexibility index (Phi) is 4.78. The fraction of sp³-hybridized carbons (Fsp3) is 0.0909. The maximum Gasteiger partial charge on any atom is 0.262 e. The molecule has 0 aliphatic rings. The van der Waals surface area contributed by atoms with Crippen molar-refractivity contribution in [1.29, 1.82) is 0 Å². The molecule has 0 atom stereocenters. The number of aryl methyl sites for hydroxylation is 1. The molecule has 29 heavy (non-hydrogen) atoms. The highest BCUT2D eigenvalue weighted by Gasteiger charge is 2.10. The average Bonchev–Trinajstić information content (AvgIpc) is 3.16. The van der Waals surface area contributed by atoms with E-state index in [1.807, 2.05) is 24.3 Å². The number of nitro benzene ring substituents is 1. The van der Waals surface area contributed by atoms with Crippen molar-refractivity contribution in [1.82, 2.24) is 4.98 Å². The number of hydrogen-bond acceptors (Lipinski definition) is 6. The number of nitrogens with zero attached hydrogens (tertiary/aromatic N) is 3. The van der Waals surface area contributed by atoms with Crippen molar-refractivity contribution >= 4 is 28.7 Å². The van der Waals surface area contributed by atoms with Crippen LogP contribution in [0.15, 0.2) is 70.1 Å². The molecule has 0 saturated carbocycles. The predicted molar refractivity (Wildman–Crippen MR) is 109 cm³/mol. The van der Waals surface area contributed by atoms with E-state index in [-0.39, 0.29) is 5.56 Å². The smallest absolute Gasteiger partial charge is 0.262 e. The van der Waals surface area contributed by atoms with Crippen LogP contribution in [0.4, 0.5) is 11.4 Å². The molecule has 0 amide bonds. The van der Waals surface area contributed by atoms with E-state index >= 15 is 0 Å². The van der Waals surface area contributed by atoms with E-state index in [0.717, 1.165) is 17.5 Å². The van der Waals surface area contributed by atoms with Crippen LogP contribution in [-0.4, -0.2) is 16.1 Å². The number of aliphatic imine (C=N–C) groups is 1. The van der Waals surface area contributed by atoms with E-state index in [1.54, 1.807) is 18.2 Å². The summed E-state index contributed by atoms with van der Waals surface area (Å²) in [6, 6.07) is 17.3. The monoisotopic (exact) mass is 386 g/mol. The van der Waals surface area contributed by atoms with Crippen LogP contribution in [0.1, 0.15) is 18.1 Å². The van der Waals surface area contributed by atoms with Gasteiger partial charge in [0.2, 0.25) is 5.89 Å². The maximum atomic E-state index is 12.1. The molecule has 0 unspecified atom stereocenters. The minimum absolute atomic E-state index is 0.151. The number of aromatic nitrogens is 1. The number of rotatable bonds is 5. The number of nitro groups is 1. The second-order valence-corrected chi connectivity index (χ2v) is 6.44. The average molecular weight is 386 g/mol. The third-order valence-electron chi connectivity index (χ3n) is 4.53. The van der Waals surface area contributed by atoms with Gasteiger partial charge in [0.1, 0.15) is 5.52 Å². The molecule has 0 saturated heterocycles. The largest absolute Gasteiger partial charge is 0.867 e. The van der Waals surface area contributed by atoms with Crippen LogP contribution < -0.4 is 5.11 Å². The van der Waals surface area contributed by atoms with Crippen molar-refractivity contribution in [2.24, 2.45) is 4.99 Å². The lowest BCUT2D eigenvalue weighted by Crippen LogP contribution is -2.01. The van der Waals surface area contributed by atoms with E-state index in [4.69, 9.17) is 4.42 Å². The van der Waals surface area contributed by atoms with Crippen LogP contribution in [0.5, 0.6) is 5.75 Å². The van der Waals surface area contributed by atoms with Crippen LogP contribution >= 0.6 is 0 Å². The number of hydrogen-bond donors (Lipinski definition) is 0. The summed E-state index contributed by atoms with van der Waals surface area (Å²) >= 11 is 0. The molecule has 0 aliphatic carbocycles. The first-order valence-electron chi connectivity index (χ1n) is 9.03. The lowest BCUT2D eigenvalue weighted by Gasteiger charge is -2.09. The topological polar surface area (TPSA) is 105 Å². The number of fused-ring (bicyclic) bond motifs is 1. The van der Waals surface area contributed by atoms with Crippen LogP contribution in [-0.2, 0) is 6.42 Å². The third kappa shape index (κ3) is 3.70. The van der Waals surface area contributed by atoms with Gasteiger partial charge >= 0.3 is 0 Å². The summed E-state index contributed by atoms with van der Waals surface area (Å²) in [5.74, 6) is -0.187. The molecular formula is C22H16N3O4-. The molecule has 0 fully saturated rings. The van der Waals surface area contributed by atoms with Crippen molar-refractivity contribution in [2.75, 3.05) is 0 Å². The zero-order valence-corrected chi connectivity index (χ0v) is 15.5. The number of benzene rings is 3. The van der Waals surface area contributed by atoms with Crippen molar-refractivity contribution in [3.8, 4) is 17.2 Å². The van der Waals surface area contributed by atoms with E-state index in [2.05, 4.69) is 16.9 Å². The Balaban J connectivity index is 1.65. The van der Waals surface area contributed by atoms with Gasteiger partial charge in [-0.05, 0) is 53.6 Å². The Hall–Kier alpha value is -4.00. The first-order valence-corrected chi connectivity index (χ1v) is 9.03. The SMILES string of the molecule is CCc1ccc2oc(-c3cccc(N=Cc4cccc([N+](=O)[O-])c4[O-])c3)nc2c1. The van der Waals surface area contributed by atoms with Gasteiger partial charge in [0.05, 0.1) is 10.6 Å². The third-order valence-corrected chi connectivity index (χ3v) is 4.53. The molecule has 1 heterocycles. The number of para-hydroxylation sites is 1. The molecule has 0 N–H and O–H groups in total. The summed E-state index contributed by atoms with van der Waals surface area (Å²) < 4.78 is 5.84. The van der Waals surface area contributed by atoms with Gasteiger partial charge in [0.25, 0.3) is 5.69 Å². The highest BCUT2D eigenvalue weighted by molar-refractivity contribution is 5.87. The Labute approximate surface area is 166 Å². The fourth-order valence-electron chi connectivity index (χ4n) is 2.97. The minimum atomic E-state index is -0.697. The molecule has 144 valence electrons. The van der Waals surface area contributed by atoms with Gasteiger partial charge in [0.15, 0.2) is 5.58 Å². The first kappa shape index (κ1) is 18.4. The van der Waals surface area contributed by atoms with Gasteiger partial charge in [-0.25, -0.2) is 4.98 Å². The molecule has 4 rings (SSSR count). The second-order valence-electron chi connectivity index (χ2n) is 6.44. The highest BCUT2D eigenvalue weighted by atomic mass is 16.6. The van der Waals surface area contributed by atoms with Gasteiger partial charge in [0, 0.05) is 17.8 Å². The maximum absolute atomic E-state index is 12.1. The zero-order valence-electron chi connectivity index (χ0n) is 15.5. The van der Waals surface area contributed by atoms with Gasteiger partial charge in [-0.15, -0.1) is 0 Å². The van der Waals surface area contributed by atoms with Gasteiger partial charge in [-0.2, -0.15) is 0 Å². The molecular weight excluding hydrogens is 370 g/mol. The molecule has 0 bridgehead atoms. The molecule has 4 aromatic rings. The standard InChI is InChI=1S/C22H17N3O4/c1-2-14-9-10-20-18(11-14)24-22(29-20)15-5-3-7-17(12-15)23-13-16-6-4-8-19(21(16)26)25(27)28/h3-13,26H,2H2,1H3/p-1. The van der Waals surface area contributed by atoms with Crippen LogP contribution in [0.2, 0.25) is 0 Å². The number of oxazole rings is 1. The van der Waals surface area contributed by atoms with E-state index in [9.17, 15) is 15.2 Å². The lowest BCUT2D eigenvalue weighted by molar-refractivity contribution is -0.398. The Morgan fingerprint density at radius 2 is 1.97 bits per heavy atom. The summed E-state index contributed by atoms with van der Waals surface area (Å²) in [6.07, 6.45) is 2.25. The quantitative estimate of drug-likeness (QED) is 0.279. The highest BCUT2D eigenvalue weighted by Crippen LogP contribution is 2.29. The van der Waals surface area contributed by atoms with E-state index < -0.39 is 16.4 Å². The van der Waals surface area contributed by atoms with Crippen LogP contribution in [0.3, 0.4) is 0 Å². The van der Waals surface area contributed by atoms with Gasteiger partial charge < -0.3 is 9.52 Å². The second kappa shape index (κ2) is 7.55. The summed E-state index contributed by atoms with van der Waals surface area (Å²) in [4.78, 5) is 19.1. The lowest BCUT2D eigenvalue weighted by atomic mass is 10.1.